The Morgan fingerprint density at radius 3 is 2.36 bits per heavy atom. The van der Waals surface area contributed by atoms with Crippen molar-refractivity contribution in [2.75, 3.05) is 12.8 Å². The van der Waals surface area contributed by atoms with E-state index in [-0.39, 0.29) is 11.8 Å². The second-order valence-electron chi connectivity index (χ2n) is 2.05. The maximum atomic E-state index is 10.9. The van der Waals surface area contributed by atoms with E-state index in [9.17, 15) is 9.59 Å². The highest BCUT2D eigenvalue weighted by atomic mass is 32.1. The molecule has 0 aromatic rings. The van der Waals surface area contributed by atoms with Crippen LogP contribution in [0.3, 0.4) is 0 Å². The zero-order valence-corrected chi connectivity index (χ0v) is 7.44. The molecule has 5 heteroatoms. The molecule has 0 aliphatic rings. The summed E-state index contributed by atoms with van der Waals surface area (Å²) in [6, 6.07) is -0.527. The summed E-state index contributed by atoms with van der Waals surface area (Å²) in [4.78, 5) is 21.4. The Morgan fingerprint density at radius 2 is 2.09 bits per heavy atom. The molecule has 0 aliphatic carbocycles. The minimum atomic E-state index is -0.527. The summed E-state index contributed by atoms with van der Waals surface area (Å²) in [5.74, 6) is -0.151. The quantitative estimate of drug-likeness (QED) is 0.491. The number of thiol groups is 1. The minimum Gasteiger partial charge on any atom is -0.357 e. The molecule has 1 unspecified atom stereocenters. The second kappa shape index (κ2) is 5.01. The molecule has 0 aliphatic heterocycles. The van der Waals surface area contributed by atoms with Crippen molar-refractivity contribution in [3.05, 3.63) is 0 Å². The Hall–Kier alpha value is -0.710. The lowest BCUT2D eigenvalue weighted by molar-refractivity contribution is -0.127. The number of nitrogens with one attached hydrogen (secondary N) is 2. The third-order valence-electron chi connectivity index (χ3n) is 1.12. The van der Waals surface area contributed by atoms with Gasteiger partial charge in [0.05, 0.1) is 0 Å². The molecule has 0 rings (SSSR count). The summed E-state index contributed by atoms with van der Waals surface area (Å²) in [5.41, 5.74) is 0. The van der Waals surface area contributed by atoms with E-state index >= 15 is 0 Å². The van der Waals surface area contributed by atoms with Crippen molar-refractivity contribution in [3.63, 3.8) is 0 Å². The number of carbonyl (C=O) groups is 2. The molecule has 0 aromatic heterocycles. The topological polar surface area (TPSA) is 58.2 Å². The standard InChI is InChI=1S/C6H12N2O2S/c1-4(9)8-5(3-11)6(10)7-2/h5,11H,3H2,1-2H3,(H,7,10)(H,8,9). The number of likely N-dealkylation sites (N-methyl/N-ethyl adjacent to an activating group) is 1. The van der Waals surface area contributed by atoms with E-state index in [0.29, 0.717) is 5.75 Å². The van der Waals surface area contributed by atoms with Crippen molar-refractivity contribution in [2.24, 2.45) is 0 Å². The van der Waals surface area contributed by atoms with Gasteiger partial charge in [0.15, 0.2) is 0 Å². The van der Waals surface area contributed by atoms with Crippen molar-refractivity contribution < 1.29 is 9.59 Å². The van der Waals surface area contributed by atoms with Gasteiger partial charge in [0.2, 0.25) is 11.8 Å². The zero-order chi connectivity index (χ0) is 8.85. The van der Waals surface area contributed by atoms with E-state index in [2.05, 4.69) is 23.3 Å². The molecule has 1 atom stereocenters. The van der Waals surface area contributed by atoms with Gasteiger partial charge in [-0.1, -0.05) is 0 Å². The predicted molar refractivity (Wildman–Crippen MR) is 45.5 cm³/mol. The molecule has 0 radical (unpaired) electrons. The predicted octanol–water partition coefficient (Wildman–Crippen LogP) is -0.833. The molecular weight excluding hydrogens is 164 g/mol. The lowest BCUT2D eigenvalue weighted by Crippen LogP contribution is -2.46. The molecule has 2 amide bonds. The smallest absolute Gasteiger partial charge is 0.243 e. The summed E-state index contributed by atoms with van der Waals surface area (Å²) < 4.78 is 0. The highest BCUT2D eigenvalue weighted by Crippen LogP contribution is 1.87. The molecule has 0 bridgehead atoms. The van der Waals surface area contributed by atoms with Gasteiger partial charge in [-0.3, -0.25) is 9.59 Å². The van der Waals surface area contributed by atoms with Gasteiger partial charge in [0.25, 0.3) is 0 Å². The van der Waals surface area contributed by atoms with Crippen LogP contribution in [0.4, 0.5) is 0 Å². The van der Waals surface area contributed by atoms with E-state index in [1.807, 2.05) is 0 Å². The molecule has 11 heavy (non-hydrogen) atoms. The fraction of sp³-hybridized carbons (Fsp3) is 0.667. The molecule has 0 aromatic carbocycles. The molecular formula is C6H12N2O2S. The molecule has 0 heterocycles. The van der Waals surface area contributed by atoms with Crippen LogP contribution in [0, 0.1) is 0 Å². The second-order valence-corrected chi connectivity index (χ2v) is 2.42. The fourth-order valence-electron chi connectivity index (χ4n) is 0.614. The third-order valence-corrected chi connectivity index (χ3v) is 1.49. The van der Waals surface area contributed by atoms with Crippen LogP contribution in [0.1, 0.15) is 6.92 Å². The summed E-state index contributed by atoms with van der Waals surface area (Å²) >= 11 is 3.91. The average Bonchev–Trinajstić information content (AvgIpc) is 1.98. The van der Waals surface area contributed by atoms with Gasteiger partial charge in [0.1, 0.15) is 6.04 Å². The maximum absolute atomic E-state index is 10.9. The Morgan fingerprint density at radius 1 is 1.55 bits per heavy atom. The van der Waals surface area contributed by atoms with Crippen LogP contribution in [0.25, 0.3) is 0 Å². The third kappa shape index (κ3) is 3.87. The van der Waals surface area contributed by atoms with Crippen molar-refractivity contribution in [1.29, 1.82) is 0 Å². The maximum Gasteiger partial charge on any atom is 0.243 e. The number of amides is 2. The Balaban J connectivity index is 3.94. The zero-order valence-electron chi connectivity index (χ0n) is 6.55. The van der Waals surface area contributed by atoms with Crippen LogP contribution >= 0.6 is 12.6 Å². The van der Waals surface area contributed by atoms with E-state index in [4.69, 9.17) is 0 Å². The summed E-state index contributed by atoms with van der Waals surface area (Å²) in [7, 11) is 1.51. The normalized spacial score (nSPS) is 11.9. The summed E-state index contributed by atoms with van der Waals surface area (Å²) in [6.45, 7) is 1.36. The van der Waals surface area contributed by atoms with Crippen LogP contribution in [0.15, 0.2) is 0 Å². The van der Waals surface area contributed by atoms with E-state index in [0.717, 1.165) is 0 Å². The highest BCUT2D eigenvalue weighted by molar-refractivity contribution is 7.80. The summed E-state index contributed by atoms with van der Waals surface area (Å²) in [5, 5.41) is 4.87. The summed E-state index contributed by atoms with van der Waals surface area (Å²) in [6.07, 6.45) is 0. The van der Waals surface area contributed by atoms with Gasteiger partial charge >= 0.3 is 0 Å². The molecule has 0 spiro atoms. The number of hydrogen-bond acceptors (Lipinski definition) is 3. The van der Waals surface area contributed by atoms with Gasteiger partial charge in [-0.15, -0.1) is 0 Å². The first-order chi connectivity index (χ1) is 5.11. The number of rotatable bonds is 3. The minimum absolute atomic E-state index is 0.227. The van der Waals surface area contributed by atoms with Gasteiger partial charge < -0.3 is 10.6 Å². The Kier molecular flexibility index (Phi) is 4.69. The fourth-order valence-corrected chi connectivity index (χ4v) is 0.871. The Bertz CT molecular complexity index is 161. The van der Waals surface area contributed by atoms with Crippen LogP contribution < -0.4 is 10.6 Å². The molecule has 2 N–H and O–H groups in total. The molecule has 0 fully saturated rings. The largest absolute Gasteiger partial charge is 0.357 e. The lowest BCUT2D eigenvalue weighted by atomic mass is 10.3. The first-order valence-electron chi connectivity index (χ1n) is 3.21. The first kappa shape index (κ1) is 10.3. The van der Waals surface area contributed by atoms with E-state index < -0.39 is 6.04 Å². The Labute approximate surface area is 71.1 Å². The van der Waals surface area contributed by atoms with E-state index in [1.54, 1.807) is 0 Å². The van der Waals surface area contributed by atoms with Gasteiger partial charge in [0, 0.05) is 19.7 Å². The van der Waals surface area contributed by atoms with Crippen LogP contribution in [0.2, 0.25) is 0 Å². The number of hydrogen-bond donors (Lipinski definition) is 3. The highest BCUT2D eigenvalue weighted by Gasteiger charge is 2.14. The SMILES string of the molecule is CNC(=O)C(CS)NC(C)=O. The molecule has 0 saturated heterocycles. The van der Waals surface area contributed by atoms with Crippen molar-refractivity contribution >= 4 is 24.4 Å². The molecule has 64 valence electrons. The van der Waals surface area contributed by atoms with Crippen LogP contribution in [0.5, 0.6) is 0 Å². The van der Waals surface area contributed by atoms with Crippen molar-refractivity contribution in [3.8, 4) is 0 Å². The number of carbonyl (C=O) groups excluding carboxylic acids is 2. The van der Waals surface area contributed by atoms with Crippen LogP contribution in [-0.2, 0) is 9.59 Å². The van der Waals surface area contributed by atoms with E-state index in [1.165, 1.54) is 14.0 Å². The average molecular weight is 176 g/mol. The monoisotopic (exact) mass is 176 g/mol. The lowest BCUT2D eigenvalue weighted by Gasteiger charge is -2.12. The van der Waals surface area contributed by atoms with Gasteiger partial charge in [-0.05, 0) is 0 Å². The first-order valence-corrected chi connectivity index (χ1v) is 3.84. The van der Waals surface area contributed by atoms with Gasteiger partial charge in [-0.25, -0.2) is 0 Å². The molecule has 0 saturated carbocycles. The molecule has 4 nitrogen and oxygen atoms in total. The van der Waals surface area contributed by atoms with Crippen LogP contribution in [-0.4, -0.2) is 30.7 Å². The van der Waals surface area contributed by atoms with Gasteiger partial charge in [-0.2, -0.15) is 12.6 Å². The van der Waals surface area contributed by atoms with Crippen molar-refractivity contribution in [1.82, 2.24) is 10.6 Å². The van der Waals surface area contributed by atoms with Crippen molar-refractivity contribution in [2.45, 2.75) is 13.0 Å².